The van der Waals surface area contributed by atoms with Gasteiger partial charge in [-0.3, -0.25) is 5.32 Å². The Morgan fingerprint density at radius 1 is 1.55 bits per heavy atom. The van der Waals surface area contributed by atoms with Crippen molar-refractivity contribution in [1.29, 1.82) is 0 Å². The largest absolute Gasteiger partial charge is 0.486 e. The number of nitrogens with zero attached hydrogens (tertiary/aromatic N) is 2. The van der Waals surface area contributed by atoms with Crippen molar-refractivity contribution in [3.8, 4) is 5.75 Å². The molecule has 0 aliphatic rings. The van der Waals surface area contributed by atoms with Crippen LogP contribution in [0.5, 0.6) is 5.75 Å². The van der Waals surface area contributed by atoms with Crippen LogP contribution in [-0.4, -0.2) is 21.2 Å². The molecule has 7 heteroatoms. The number of anilines is 1. The van der Waals surface area contributed by atoms with Gasteiger partial charge in [-0.2, -0.15) is 0 Å². The van der Waals surface area contributed by atoms with Crippen molar-refractivity contribution in [2.24, 2.45) is 0 Å². The van der Waals surface area contributed by atoms with Gasteiger partial charge in [-0.15, -0.1) is 11.3 Å². The Morgan fingerprint density at radius 2 is 2.35 bits per heavy atom. The third-order valence-corrected chi connectivity index (χ3v) is 3.33. The molecule has 0 fully saturated rings. The van der Waals surface area contributed by atoms with Gasteiger partial charge >= 0.3 is 6.09 Å². The van der Waals surface area contributed by atoms with E-state index in [0.717, 1.165) is 10.7 Å². The Hall–Kier alpha value is -2.15. The number of thiazole rings is 1. The number of aromatic nitrogens is 2. The highest BCUT2D eigenvalue weighted by molar-refractivity contribution is 7.09. The van der Waals surface area contributed by atoms with Gasteiger partial charge in [-0.1, -0.05) is 13.8 Å². The molecule has 6 nitrogen and oxygen atoms in total. The molecule has 0 saturated carbocycles. The van der Waals surface area contributed by atoms with Crippen LogP contribution in [0.2, 0.25) is 0 Å². The number of hydrogen-bond donors (Lipinski definition) is 2. The van der Waals surface area contributed by atoms with Crippen LogP contribution in [0.4, 0.5) is 10.6 Å². The Bertz CT molecular complexity index is 598. The average molecular weight is 293 g/mol. The Morgan fingerprint density at radius 3 is 3.00 bits per heavy atom. The van der Waals surface area contributed by atoms with E-state index in [-0.39, 0.29) is 5.82 Å². The predicted molar refractivity (Wildman–Crippen MR) is 76.4 cm³/mol. The van der Waals surface area contributed by atoms with Gasteiger partial charge in [0.15, 0.2) is 0 Å². The number of nitrogens with one attached hydrogen (secondary N) is 1. The third kappa shape index (κ3) is 3.92. The minimum atomic E-state index is -1.16. The highest BCUT2D eigenvalue weighted by Gasteiger charge is 2.07. The van der Waals surface area contributed by atoms with Crippen molar-refractivity contribution in [3.63, 3.8) is 0 Å². The standard InChI is InChI=1S/C13H15N3O3S/c1-8(2)10-7-20-12(15-10)6-19-9-3-4-14-11(5-9)16-13(17)18/h3-5,7-8H,6H2,1-2H3,(H,14,16)(H,17,18). The van der Waals surface area contributed by atoms with Crippen molar-refractivity contribution in [3.05, 3.63) is 34.4 Å². The van der Waals surface area contributed by atoms with Crippen LogP contribution in [-0.2, 0) is 6.61 Å². The fourth-order valence-electron chi connectivity index (χ4n) is 1.48. The van der Waals surface area contributed by atoms with Crippen LogP contribution in [0, 0.1) is 0 Å². The van der Waals surface area contributed by atoms with Gasteiger partial charge in [0.1, 0.15) is 23.2 Å². The van der Waals surface area contributed by atoms with Crippen LogP contribution in [0.3, 0.4) is 0 Å². The lowest BCUT2D eigenvalue weighted by Gasteiger charge is -2.05. The maximum Gasteiger partial charge on any atom is 0.410 e. The minimum Gasteiger partial charge on any atom is -0.486 e. The van der Waals surface area contributed by atoms with Crippen molar-refractivity contribution in [2.75, 3.05) is 5.32 Å². The van der Waals surface area contributed by atoms with Crippen molar-refractivity contribution < 1.29 is 14.6 Å². The molecule has 2 N–H and O–H groups in total. The second-order valence-corrected chi connectivity index (χ2v) is 5.36. The molecule has 0 aliphatic heterocycles. The zero-order chi connectivity index (χ0) is 14.5. The second kappa shape index (κ2) is 6.33. The first-order valence-corrected chi connectivity index (χ1v) is 6.95. The SMILES string of the molecule is CC(C)c1csc(COc2ccnc(NC(=O)O)c2)n1. The molecule has 0 radical (unpaired) electrons. The zero-order valence-electron chi connectivity index (χ0n) is 11.2. The van der Waals surface area contributed by atoms with Crippen LogP contribution >= 0.6 is 11.3 Å². The maximum absolute atomic E-state index is 10.5. The van der Waals surface area contributed by atoms with E-state index in [1.807, 2.05) is 5.38 Å². The van der Waals surface area contributed by atoms with E-state index >= 15 is 0 Å². The lowest BCUT2D eigenvalue weighted by molar-refractivity contribution is 0.209. The van der Waals surface area contributed by atoms with Crippen molar-refractivity contribution in [2.45, 2.75) is 26.4 Å². The number of rotatable bonds is 5. The normalized spacial score (nSPS) is 10.6. The molecule has 106 valence electrons. The third-order valence-electron chi connectivity index (χ3n) is 2.49. The van der Waals surface area contributed by atoms with Crippen LogP contribution in [0.15, 0.2) is 23.7 Å². The minimum absolute atomic E-state index is 0.233. The average Bonchev–Trinajstić information content (AvgIpc) is 2.85. The maximum atomic E-state index is 10.5. The van der Waals surface area contributed by atoms with E-state index in [4.69, 9.17) is 9.84 Å². The summed E-state index contributed by atoms with van der Waals surface area (Å²) >= 11 is 1.55. The van der Waals surface area contributed by atoms with Gasteiger partial charge in [-0.05, 0) is 12.0 Å². The summed E-state index contributed by atoms with van der Waals surface area (Å²) in [6, 6.07) is 3.20. The summed E-state index contributed by atoms with van der Waals surface area (Å²) < 4.78 is 5.58. The molecule has 0 atom stereocenters. The van der Waals surface area contributed by atoms with Gasteiger partial charge < -0.3 is 9.84 Å². The summed E-state index contributed by atoms with van der Waals surface area (Å²) in [4.78, 5) is 18.9. The van der Waals surface area contributed by atoms with Gasteiger partial charge in [0.2, 0.25) is 0 Å². The lowest BCUT2D eigenvalue weighted by Crippen LogP contribution is -2.08. The molecule has 1 amide bonds. The van der Waals surface area contributed by atoms with Crippen molar-refractivity contribution in [1.82, 2.24) is 9.97 Å². The van der Waals surface area contributed by atoms with E-state index < -0.39 is 6.09 Å². The van der Waals surface area contributed by atoms with Gasteiger partial charge in [0, 0.05) is 17.6 Å². The van der Waals surface area contributed by atoms with E-state index in [2.05, 4.69) is 29.1 Å². The lowest BCUT2D eigenvalue weighted by atomic mass is 10.2. The molecule has 2 heterocycles. The first kappa shape index (κ1) is 14.3. The Labute approximate surface area is 120 Å². The fourth-order valence-corrected chi connectivity index (χ4v) is 2.35. The molecule has 2 rings (SSSR count). The molecule has 0 aliphatic carbocycles. The van der Waals surface area contributed by atoms with Crippen LogP contribution in [0.25, 0.3) is 0 Å². The molecular formula is C13H15N3O3S. The smallest absolute Gasteiger partial charge is 0.410 e. The van der Waals surface area contributed by atoms with E-state index in [0.29, 0.717) is 18.3 Å². The quantitative estimate of drug-likeness (QED) is 0.883. The van der Waals surface area contributed by atoms with E-state index in [1.54, 1.807) is 17.4 Å². The van der Waals surface area contributed by atoms with Crippen molar-refractivity contribution >= 4 is 23.2 Å². The predicted octanol–water partition coefficient (Wildman–Crippen LogP) is 3.33. The van der Waals surface area contributed by atoms with Crippen LogP contribution < -0.4 is 10.1 Å². The zero-order valence-corrected chi connectivity index (χ0v) is 12.0. The summed E-state index contributed by atoms with van der Waals surface area (Å²) in [5, 5.41) is 13.7. The summed E-state index contributed by atoms with van der Waals surface area (Å²) in [7, 11) is 0. The molecule has 0 bridgehead atoms. The first-order valence-electron chi connectivity index (χ1n) is 6.07. The number of ether oxygens (including phenoxy) is 1. The monoisotopic (exact) mass is 293 g/mol. The fraction of sp³-hybridized carbons (Fsp3) is 0.308. The number of carboxylic acid groups (broad SMARTS) is 1. The topological polar surface area (TPSA) is 84.3 Å². The summed E-state index contributed by atoms with van der Waals surface area (Å²) in [5.74, 6) is 1.18. The number of amides is 1. The summed E-state index contributed by atoms with van der Waals surface area (Å²) in [6.45, 7) is 4.53. The molecule has 2 aromatic rings. The molecule has 0 aromatic carbocycles. The number of hydrogen-bond acceptors (Lipinski definition) is 5. The first-order chi connectivity index (χ1) is 9.54. The number of pyridine rings is 1. The molecule has 2 aromatic heterocycles. The molecule has 0 spiro atoms. The summed E-state index contributed by atoms with van der Waals surface area (Å²) in [6.07, 6.45) is 0.332. The second-order valence-electron chi connectivity index (χ2n) is 4.42. The highest BCUT2D eigenvalue weighted by Crippen LogP contribution is 2.20. The molecule has 20 heavy (non-hydrogen) atoms. The van der Waals surface area contributed by atoms with E-state index in [9.17, 15) is 4.79 Å². The molecule has 0 saturated heterocycles. The summed E-state index contributed by atoms with van der Waals surface area (Å²) in [5.41, 5.74) is 1.05. The highest BCUT2D eigenvalue weighted by atomic mass is 32.1. The Balaban J connectivity index is 1.97. The molecular weight excluding hydrogens is 278 g/mol. The number of carbonyl (C=O) groups is 1. The van der Waals surface area contributed by atoms with E-state index in [1.165, 1.54) is 12.3 Å². The van der Waals surface area contributed by atoms with Gasteiger partial charge in [-0.25, -0.2) is 14.8 Å². The Kier molecular flexibility index (Phi) is 4.52. The van der Waals surface area contributed by atoms with Gasteiger partial charge in [0.05, 0.1) is 5.69 Å². The van der Waals surface area contributed by atoms with Gasteiger partial charge in [0.25, 0.3) is 0 Å². The molecule has 0 unspecified atom stereocenters. The van der Waals surface area contributed by atoms with Crippen LogP contribution in [0.1, 0.15) is 30.5 Å².